The average molecular weight is 260 g/mol. The van der Waals surface area contributed by atoms with Crippen LogP contribution in [0.4, 0.5) is 0 Å². The zero-order valence-electron chi connectivity index (χ0n) is 9.16. The van der Waals surface area contributed by atoms with Crippen LogP contribution in [-0.4, -0.2) is 18.3 Å². The Morgan fingerprint density at radius 2 is 2.50 bits per heavy atom. The van der Waals surface area contributed by atoms with Gasteiger partial charge in [0.05, 0.1) is 30.0 Å². The number of hydrogen-bond donors (Lipinski definition) is 0. The molecule has 0 radical (unpaired) electrons. The highest BCUT2D eigenvalue weighted by atomic mass is 32.1. The van der Waals surface area contributed by atoms with E-state index in [1.54, 1.807) is 6.66 Å². The van der Waals surface area contributed by atoms with Crippen LogP contribution in [0.3, 0.4) is 0 Å². The fourth-order valence-electron chi connectivity index (χ4n) is 1.20. The number of rotatable bonds is 6. The Balaban J connectivity index is 2.64. The second kappa shape index (κ2) is 6.01. The zero-order valence-corrected chi connectivity index (χ0v) is 10.9. The lowest BCUT2D eigenvalue weighted by Gasteiger charge is -2.10. The van der Waals surface area contributed by atoms with E-state index in [4.69, 9.17) is 10.1 Å². The Hall–Kier alpha value is -0.870. The zero-order chi connectivity index (χ0) is 12.0. The molecule has 1 atom stereocenters. The third-order valence-corrected chi connectivity index (χ3v) is 4.31. The van der Waals surface area contributed by atoms with Crippen molar-refractivity contribution in [2.75, 3.05) is 13.3 Å². The standard InChI is InChI=1S/C8H13N4O2PS/c1-3-14-15(2,13)5-7-6-16-8(11-7)4-10-12-9/h6H,3-5H2,1-2H3. The molecule has 0 aliphatic carbocycles. The van der Waals surface area contributed by atoms with Crippen molar-refractivity contribution in [3.05, 3.63) is 26.5 Å². The van der Waals surface area contributed by atoms with Gasteiger partial charge >= 0.3 is 0 Å². The highest BCUT2D eigenvalue weighted by molar-refractivity contribution is 7.57. The summed E-state index contributed by atoms with van der Waals surface area (Å²) in [5, 5.41) is 5.96. The van der Waals surface area contributed by atoms with Crippen LogP contribution in [0.5, 0.6) is 0 Å². The molecule has 1 aromatic rings. The first kappa shape index (κ1) is 13.2. The predicted octanol–water partition coefficient (Wildman–Crippen LogP) is 3.40. The maximum absolute atomic E-state index is 11.9. The molecular formula is C8H13N4O2PS. The second-order valence-corrected chi connectivity index (χ2v) is 6.76. The van der Waals surface area contributed by atoms with Gasteiger partial charge < -0.3 is 4.52 Å². The number of thiazole rings is 1. The van der Waals surface area contributed by atoms with Gasteiger partial charge in [-0.1, -0.05) is 5.11 Å². The van der Waals surface area contributed by atoms with Crippen LogP contribution in [0.1, 0.15) is 17.6 Å². The first-order valence-corrected chi connectivity index (χ1v) is 7.86. The molecule has 0 bridgehead atoms. The lowest BCUT2D eigenvalue weighted by molar-refractivity contribution is 0.336. The highest BCUT2D eigenvalue weighted by Crippen LogP contribution is 2.45. The fraction of sp³-hybridized carbons (Fsp3) is 0.625. The maximum atomic E-state index is 11.9. The number of azide groups is 1. The van der Waals surface area contributed by atoms with Crippen LogP contribution in [0.25, 0.3) is 10.4 Å². The molecular weight excluding hydrogens is 247 g/mol. The maximum Gasteiger partial charge on any atom is 0.206 e. The third-order valence-electron chi connectivity index (χ3n) is 1.72. The van der Waals surface area contributed by atoms with Crippen molar-refractivity contribution in [1.82, 2.24) is 4.98 Å². The van der Waals surface area contributed by atoms with E-state index in [2.05, 4.69) is 15.0 Å². The Bertz CT molecular complexity index is 441. The van der Waals surface area contributed by atoms with Gasteiger partial charge in [-0.3, -0.25) is 4.57 Å². The van der Waals surface area contributed by atoms with E-state index in [0.29, 0.717) is 12.8 Å². The molecule has 6 nitrogen and oxygen atoms in total. The van der Waals surface area contributed by atoms with Crippen molar-refractivity contribution < 1.29 is 9.09 Å². The summed E-state index contributed by atoms with van der Waals surface area (Å²) >= 11 is 1.40. The Morgan fingerprint density at radius 3 is 3.12 bits per heavy atom. The summed E-state index contributed by atoms with van der Waals surface area (Å²) in [5.41, 5.74) is 8.89. The number of hydrogen-bond acceptors (Lipinski definition) is 5. The molecule has 0 aliphatic heterocycles. The van der Waals surface area contributed by atoms with Crippen LogP contribution in [0.15, 0.2) is 10.5 Å². The number of nitrogens with zero attached hydrogens (tertiary/aromatic N) is 4. The van der Waals surface area contributed by atoms with Gasteiger partial charge in [0, 0.05) is 17.0 Å². The normalized spacial score (nSPS) is 14.1. The van der Waals surface area contributed by atoms with Gasteiger partial charge in [-0.05, 0) is 12.5 Å². The first-order chi connectivity index (χ1) is 7.57. The molecule has 0 aromatic carbocycles. The summed E-state index contributed by atoms with van der Waals surface area (Å²) in [5.74, 6) is 0. The molecule has 1 aromatic heterocycles. The van der Waals surface area contributed by atoms with E-state index >= 15 is 0 Å². The minimum absolute atomic E-state index is 0.240. The van der Waals surface area contributed by atoms with Gasteiger partial charge in [0.1, 0.15) is 0 Å². The third kappa shape index (κ3) is 4.33. The van der Waals surface area contributed by atoms with Crippen LogP contribution >= 0.6 is 18.7 Å². The Labute approximate surface area is 97.7 Å². The van der Waals surface area contributed by atoms with E-state index in [1.165, 1.54) is 11.3 Å². The molecule has 0 fully saturated rings. The molecule has 0 amide bonds. The molecule has 88 valence electrons. The average Bonchev–Trinajstić information content (AvgIpc) is 2.61. The molecule has 8 heteroatoms. The first-order valence-electron chi connectivity index (χ1n) is 4.72. The largest absolute Gasteiger partial charge is 0.329 e. The summed E-state index contributed by atoms with van der Waals surface area (Å²) in [7, 11) is -2.59. The van der Waals surface area contributed by atoms with Crippen molar-refractivity contribution in [3.8, 4) is 0 Å². The summed E-state index contributed by atoms with van der Waals surface area (Å²) in [4.78, 5) is 6.87. The van der Waals surface area contributed by atoms with Crippen molar-refractivity contribution in [3.63, 3.8) is 0 Å². The Morgan fingerprint density at radius 1 is 1.75 bits per heavy atom. The Kier molecular flexibility index (Phi) is 4.96. The molecule has 0 aliphatic rings. The quantitative estimate of drug-likeness (QED) is 0.340. The molecule has 1 heterocycles. The molecule has 0 spiro atoms. The predicted molar refractivity (Wildman–Crippen MR) is 63.8 cm³/mol. The van der Waals surface area contributed by atoms with Crippen LogP contribution in [0.2, 0.25) is 0 Å². The second-order valence-electron chi connectivity index (χ2n) is 3.21. The van der Waals surface area contributed by atoms with Crippen molar-refractivity contribution in [2.45, 2.75) is 19.6 Å². The van der Waals surface area contributed by atoms with Crippen molar-refractivity contribution in [2.24, 2.45) is 5.11 Å². The summed E-state index contributed by atoms with van der Waals surface area (Å²) in [6.07, 6.45) is 0.327. The SMILES string of the molecule is CCOP(C)(=O)Cc1csc(CN=[N+]=[N-])n1. The number of aromatic nitrogens is 1. The molecule has 0 saturated carbocycles. The molecule has 1 rings (SSSR count). The van der Waals surface area contributed by atoms with Gasteiger partial charge in [0.2, 0.25) is 7.37 Å². The van der Waals surface area contributed by atoms with E-state index in [-0.39, 0.29) is 6.54 Å². The summed E-state index contributed by atoms with van der Waals surface area (Å²) < 4.78 is 17.0. The minimum Gasteiger partial charge on any atom is -0.329 e. The van der Waals surface area contributed by atoms with E-state index in [1.807, 2.05) is 12.3 Å². The molecule has 0 saturated heterocycles. The highest BCUT2D eigenvalue weighted by Gasteiger charge is 2.17. The van der Waals surface area contributed by atoms with Crippen LogP contribution in [0, 0.1) is 0 Å². The fourth-order valence-corrected chi connectivity index (χ4v) is 3.42. The summed E-state index contributed by atoms with van der Waals surface area (Å²) in [6.45, 7) is 4.08. The van der Waals surface area contributed by atoms with Crippen LogP contribution in [-0.2, 0) is 21.8 Å². The van der Waals surface area contributed by atoms with Gasteiger partial charge in [0.25, 0.3) is 0 Å². The van der Waals surface area contributed by atoms with Gasteiger partial charge in [-0.2, -0.15) is 0 Å². The lowest BCUT2D eigenvalue weighted by Crippen LogP contribution is -1.93. The van der Waals surface area contributed by atoms with Crippen molar-refractivity contribution in [1.29, 1.82) is 0 Å². The van der Waals surface area contributed by atoms with E-state index in [0.717, 1.165) is 10.7 Å². The summed E-state index contributed by atoms with van der Waals surface area (Å²) in [6, 6.07) is 0. The lowest BCUT2D eigenvalue weighted by atomic mass is 10.6. The topological polar surface area (TPSA) is 88.0 Å². The molecule has 1 unspecified atom stereocenters. The van der Waals surface area contributed by atoms with Crippen molar-refractivity contribution >= 4 is 18.7 Å². The molecule has 16 heavy (non-hydrogen) atoms. The monoisotopic (exact) mass is 260 g/mol. The molecule has 0 N–H and O–H groups in total. The van der Waals surface area contributed by atoms with Gasteiger partial charge in [-0.25, -0.2) is 4.98 Å². The van der Waals surface area contributed by atoms with Crippen LogP contribution < -0.4 is 0 Å². The smallest absolute Gasteiger partial charge is 0.206 e. The van der Waals surface area contributed by atoms with E-state index < -0.39 is 7.37 Å². The van der Waals surface area contributed by atoms with Gasteiger partial charge in [-0.15, -0.1) is 11.3 Å². The van der Waals surface area contributed by atoms with Gasteiger partial charge in [0.15, 0.2) is 0 Å². The minimum atomic E-state index is -2.59. The van der Waals surface area contributed by atoms with E-state index in [9.17, 15) is 4.57 Å².